The quantitative estimate of drug-likeness (QED) is 0.170. The lowest BCUT2D eigenvalue weighted by Crippen LogP contribution is -1.96. The monoisotopic (exact) mass is 734 g/mol. The molecule has 2 heteroatoms. The van der Waals surface area contributed by atoms with Crippen LogP contribution in [0.4, 0.5) is 0 Å². The Hall–Kier alpha value is -7.68. The fourth-order valence-corrected chi connectivity index (χ4v) is 9.98. The van der Waals surface area contributed by atoms with Crippen LogP contribution in [-0.4, -0.2) is 9.13 Å². The summed E-state index contributed by atoms with van der Waals surface area (Å²) in [5.74, 6) is 0. The summed E-state index contributed by atoms with van der Waals surface area (Å²) in [6.45, 7) is 0. The minimum absolute atomic E-state index is 1.16. The summed E-state index contributed by atoms with van der Waals surface area (Å²) in [7, 11) is 0. The standard InChI is InChI=1S/C56H34N2/c1-2-11-35(12-3-1)39-24-27-54-49(32-39)46-16-6-8-19-52(46)58(54)43-26-28-55-50(34-43)47-17-7-9-20-53(47)57(55)42-25-23-36-29-37(21-22-38(36)31-42)41-30-40-13-10-18-48-44-14-4-5-15-45(44)51(33-41)56(40)48/h1-34H. The SMILES string of the molecule is c1ccc(-c2ccc3c(c2)c2ccccc2n3-c2ccc3c(c2)c2ccccc2n3-c2ccc3cc(-c4cc5c6c(cccc6c4)-c4ccccc4-5)ccc3c2)cc1. The van der Waals surface area contributed by atoms with Crippen molar-refractivity contribution >= 4 is 65.2 Å². The first-order chi connectivity index (χ1) is 28.7. The van der Waals surface area contributed by atoms with Gasteiger partial charge in [-0.15, -0.1) is 0 Å². The van der Waals surface area contributed by atoms with Gasteiger partial charge in [-0.25, -0.2) is 0 Å². The van der Waals surface area contributed by atoms with E-state index in [1.54, 1.807) is 0 Å². The molecule has 0 saturated heterocycles. The number of hydrogen-bond acceptors (Lipinski definition) is 0. The van der Waals surface area contributed by atoms with Crippen molar-refractivity contribution in [1.29, 1.82) is 0 Å². The maximum Gasteiger partial charge on any atom is 0.0542 e. The highest BCUT2D eigenvalue weighted by Gasteiger charge is 2.22. The van der Waals surface area contributed by atoms with Crippen molar-refractivity contribution < 1.29 is 0 Å². The molecule has 1 aliphatic carbocycles. The molecule has 0 radical (unpaired) electrons. The number of aromatic nitrogens is 2. The van der Waals surface area contributed by atoms with Crippen molar-refractivity contribution in [1.82, 2.24) is 9.13 Å². The molecule has 0 bridgehead atoms. The van der Waals surface area contributed by atoms with Gasteiger partial charge in [0.05, 0.1) is 22.1 Å². The van der Waals surface area contributed by atoms with Gasteiger partial charge in [-0.3, -0.25) is 0 Å². The van der Waals surface area contributed by atoms with Crippen molar-refractivity contribution in [2.75, 3.05) is 0 Å². The van der Waals surface area contributed by atoms with Crippen LogP contribution in [0.2, 0.25) is 0 Å². The molecule has 0 N–H and O–H groups in total. The first kappa shape index (κ1) is 31.5. The highest BCUT2D eigenvalue weighted by atomic mass is 15.0. The Bertz CT molecular complexity index is 3670. The predicted octanol–water partition coefficient (Wildman–Crippen LogP) is 15.2. The number of benzene rings is 10. The van der Waals surface area contributed by atoms with E-state index in [1.165, 1.54) is 110 Å². The molecule has 12 aromatic rings. The third-order valence-corrected chi connectivity index (χ3v) is 12.6. The predicted molar refractivity (Wildman–Crippen MR) is 245 cm³/mol. The van der Waals surface area contributed by atoms with E-state index >= 15 is 0 Å². The number of fused-ring (bicyclic) bond motifs is 10. The Morgan fingerprint density at radius 1 is 0.241 bits per heavy atom. The van der Waals surface area contributed by atoms with Gasteiger partial charge in [-0.05, 0) is 139 Å². The molecule has 1 aliphatic rings. The summed E-state index contributed by atoms with van der Waals surface area (Å²) in [5.41, 5.74) is 17.4. The lowest BCUT2D eigenvalue weighted by atomic mass is 9.95. The second-order valence-corrected chi connectivity index (χ2v) is 15.7. The summed E-state index contributed by atoms with van der Waals surface area (Å²) in [6, 6.07) is 76.3. The van der Waals surface area contributed by atoms with Gasteiger partial charge in [0.25, 0.3) is 0 Å². The van der Waals surface area contributed by atoms with E-state index in [1.807, 2.05) is 0 Å². The molecule has 2 nitrogen and oxygen atoms in total. The zero-order chi connectivity index (χ0) is 37.9. The fraction of sp³-hybridized carbons (Fsp3) is 0. The third kappa shape index (κ3) is 4.48. The fourth-order valence-electron chi connectivity index (χ4n) is 9.98. The van der Waals surface area contributed by atoms with Crippen LogP contribution in [0.1, 0.15) is 0 Å². The van der Waals surface area contributed by atoms with Gasteiger partial charge >= 0.3 is 0 Å². The molecule has 0 spiro atoms. The van der Waals surface area contributed by atoms with Crippen LogP contribution < -0.4 is 0 Å². The van der Waals surface area contributed by atoms with Crippen LogP contribution in [0.5, 0.6) is 0 Å². The second kappa shape index (κ2) is 11.9. The smallest absolute Gasteiger partial charge is 0.0542 e. The zero-order valence-electron chi connectivity index (χ0n) is 31.5. The molecule has 0 fully saturated rings. The molecule has 13 rings (SSSR count). The van der Waals surface area contributed by atoms with Crippen LogP contribution in [0.3, 0.4) is 0 Å². The normalized spacial score (nSPS) is 12.1. The maximum atomic E-state index is 2.43. The minimum atomic E-state index is 1.16. The van der Waals surface area contributed by atoms with Gasteiger partial charge in [0.2, 0.25) is 0 Å². The summed E-state index contributed by atoms with van der Waals surface area (Å²) in [6.07, 6.45) is 0. The van der Waals surface area contributed by atoms with Gasteiger partial charge in [0, 0.05) is 32.9 Å². The summed E-state index contributed by atoms with van der Waals surface area (Å²) >= 11 is 0. The van der Waals surface area contributed by atoms with Crippen molar-refractivity contribution in [3.63, 3.8) is 0 Å². The Morgan fingerprint density at radius 2 is 0.776 bits per heavy atom. The Labute approximate surface area is 335 Å². The molecular formula is C56H34N2. The molecule has 2 heterocycles. The molecule has 10 aromatic carbocycles. The van der Waals surface area contributed by atoms with Gasteiger partial charge in [0.1, 0.15) is 0 Å². The topological polar surface area (TPSA) is 9.86 Å². The first-order valence-electron chi connectivity index (χ1n) is 20.1. The Balaban J connectivity index is 0.932. The molecular weight excluding hydrogens is 701 g/mol. The molecule has 0 unspecified atom stereocenters. The molecule has 0 atom stereocenters. The van der Waals surface area contributed by atoms with E-state index in [9.17, 15) is 0 Å². The zero-order valence-corrected chi connectivity index (χ0v) is 31.5. The Kier molecular flexibility index (Phi) is 6.47. The van der Waals surface area contributed by atoms with E-state index in [2.05, 4.69) is 215 Å². The molecule has 2 aromatic heterocycles. The summed E-state index contributed by atoms with van der Waals surface area (Å²) < 4.78 is 4.86. The van der Waals surface area contributed by atoms with Crippen molar-refractivity contribution in [2.24, 2.45) is 0 Å². The second-order valence-electron chi connectivity index (χ2n) is 15.7. The molecule has 0 aliphatic heterocycles. The lowest BCUT2D eigenvalue weighted by molar-refractivity contribution is 1.17. The van der Waals surface area contributed by atoms with Gasteiger partial charge in [-0.1, -0.05) is 133 Å². The van der Waals surface area contributed by atoms with Gasteiger partial charge in [0.15, 0.2) is 0 Å². The lowest BCUT2D eigenvalue weighted by Gasteiger charge is -2.12. The maximum absolute atomic E-state index is 2.43. The van der Waals surface area contributed by atoms with Crippen molar-refractivity contribution in [2.45, 2.75) is 0 Å². The van der Waals surface area contributed by atoms with Crippen molar-refractivity contribution in [3.8, 4) is 55.9 Å². The average molecular weight is 735 g/mol. The number of para-hydroxylation sites is 2. The van der Waals surface area contributed by atoms with Crippen molar-refractivity contribution in [3.05, 3.63) is 206 Å². The first-order valence-corrected chi connectivity index (χ1v) is 20.1. The average Bonchev–Trinajstić information content (AvgIpc) is 3.92. The van der Waals surface area contributed by atoms with Gasteiger partial charge < -0.3 is 9.13 Å². The number of hydrogen-bond donors (Lipinski definition) is 0. The molecule has 0 saturated carbocycles. The van der Waals surface area contributed by atoms with Crippen LogP contribution in [0.25, 0.3) is 121 Å². The van der Waals surface area contributed by atoms with Crippen LogP contribution in [-0.2, 0) is 0 Å². The Morgan fingerprint density at radius 3 is 1.57 bits per heavy atom. The highest BCUT2D eigenvalue weighted by Crippen LogP contribution is 2.49. The largest absolute Gasteiger partial charge is 0.309 e. The van der Waals surface area contributed by atoms with E-state index in [0.717, 1.165) is 11.4 Å². The van der Waals surface area contributed by atoms with Crippen LogP contribution in [0, 0.1) is 0 Å². The van der Waals surface area contributed by atoms with Crippen LogP contribution >= 0.6 is 0 Å². The molecule has 268 valence electrons. The molecule has 0 amide bonds. The number of rotatable bonds is 4. The van der Waals surface area contributed by atoms with E-state index in [0.29, 0.717) is 0 Å². The van der Waals surface area contributed by atoms with E-state index in [-0.39, 0.29) is 0 Å². The van der Waals surface area contributed by atoms with Crippen LogP contribution in [0.15, 0.2) is 206 Å². The molecule has 58 heavy (non-hydrogen) atoms. The van der Waals surface area contributed by atoms with E-state index < -0.39 is 0 Å². The summed E-state index contributed by atoms with van der Waals surface area (Å²) in [4.78, 5) is 0. The van der Waals surface area contributed by atoms with Gasteiger partial charge in [-0.2, -0.15) is 0 Å². The minimum Gasteiger partial charge on any atom is -0.309 e. The third-order valence-electron chi connectivity index (χ3n) is 12.6. The highest BCUT2D eigenvalue weighted by molar-refractivity contribution is 6.17. The van der Waals surface area contributed by atoms with E-state index in [4.69, 9.17) is 0 Å². The summed E-state index contributed by atoms with van der Waals surface area (Å²) in [5, 5.41) is 10.1. The number of nitrogens with zero attached hydrogens (tertiary/aromatic N) is 2.